The Morgan fingerprint density at radius 3 is 1.44 bits per heavy atom. The van der Waals surface area contributed by atoms with Gasteiger partial charge in [-0.05, 0) is 38.7 Å². The van der Waals surface area contributed by atoms with Crippen molar-refractivity contribution in [3.63, 3.8) is 0 Å². The molecule has 0 saturated heterocycles. The standard InChI is InChI=1S/C37H43N5O/c43-37(30-8-2-1-3-9-30)31-16-14-29(15-17-31)27-41-24-22-39-20-18-38-19-21-40-23-25-42-28-36-34-12-6-4-10-32(34)26-33-11-5-7-13-35(33)36/h1-17,26,38-42H,18-25,27-28H2. The van der Waals surface area contributed by atoms with E-state index in [0.717, 1.165) is 76.6 Å². The van der Waals surface area contributed by atoms with Gasteiger partial charge in [0.25, 0.3) is 0 Å². The highest BCUT2D eigenvalue weighted by Gasteiger charge is 2.08. The molecule has 0 atom stereocenters. The van der Waals surface area contributed by atoms with Gasteiger partial charge in [-0.3, -0.25) is 4.79 Å². The molecule has 0 aliphatic carbocycles. The van der Waals surface area contributed by atoms with Crippen LogP contribution >= 0.6 is 0 Å². The van der Waals surface area contributed by atoms with Gasteiger partial charge < -0.3 is 26.6 Å². The fourth-order valence-electron chi connectivity index (χ4n) is 5.36. The Bertz CT molecular complexity index is 1520. The molecule has 0 aliphatic heterocycles. The van der Waals surface area contributed by atoms with Gasteiger partial charge >= 0.3 is 0 Å². The third-order valence-corrected chi connectivity index (χ3v) is 7.68. The van der Waals surface area contributed by atoms with E-state index in [1.54, 1.807) is 0 Å². The average molecular weight is 574 g/mol. The van der Waals surface area contributed by atoms with E-state index >= 15 is 0 Å². The second kappa shape index (κ2) is 16.7. The van der Waals surface area contributed by atoms with Crippen molar-refractivity contribution in [3.8, 4) is 0 Å². The molecule has 6 nitrogen and oxygen atoms in total. The second-order valence-corrected chi connectivity index (χ2v) is 10.8. The number of benzene rings is 5. The van der Waals surface area contributed by atoms with Crippen molar-refractivity contribution in [1.29, 1.82) is 0 Å². The lowest BCUT2D eigenvalue weighted by Gasteiger charge is -2.13. The molecule has 0 unspecified atom stereocenters. The zero-order valence-corrected chi connectivity index (χ0v) is 24.9. The first kappa shape index (κ1) is 30.5. The first-order valence-corrected chi connectivity index (χ1v) is 15.4. The second-order valence-electron chi connectivity index (χ2n) is 10.8. The smallest absolute Gasteiger partial charge is 0.193 e. The Morgan fingerprint density at radius 2 is 0.884 bits per heavy atom. The van der Waals surface area contributed by atoms with Gasteiger partial charge in [0, 0.05) is 76.6 Å². The van der Waals surface area contributed by atoms with Crippen molar-refractivity contribution in [2.24, 2.45) is 0 Å². The van der Waals surface area contributed by atoms with Crippen LogP contribution in [0.4, 0.5) is 0 Å². The summed E-state index contributed by atoms with van der Waals surface area (Å²) in [6.07, 6.45) is 0. The molecule has 0 heterocycles. The maximum Gasteiger partial charge on any atom is 0.193 e. The molecule has 222 valence electrons. The summed E-state index contributed by atoms with van der Waals surface area (Å²) in [7, 11) is 0. The molecule has 0 radical (unpaired) electrons. The van der Waals surface area contributed by atoms with E-state index in [0.29, 0.717) is 0 Å². The van der Waals surface area contributed by atoms with Crippen LogP contribution in [0.5, 0.6) is 0 Å². The van der Waals surface area contributed by atoms with E-state index in [4.69, 9.17) is 0 Å². The molecule has 5 aromatic rings. The summed E-state index contributed by atoms with van der Waals surface area (Å²) in [6.45, 7) is 9.15. The van der Waals surface area contributed by atoms with E-state index in [2.05, 4.69) is 81.2 Å². The van der Waals surface area contributed by atoms with Gasteiger partial charge in [0.15, 0.2) is 5.78 Å². The third-order valence-electron chi connectivity index (χ3n) is 7.68. The molecule has 6 heteroatoms. The Balaban J connectivity index is 0.864. The lowest BCUT2D eigenvalue weighted by atomic mass is 9.97. The van der Waals surface area contributed by atoms with Crippen molar-refractivity contribution in [1.82, 2.24) is 26.6 Å². The monoisotopic (exact) mass is 573 g/mol. The summed E-state index contributed by atoms with van der Waals surface area (Å²) >= 11 is 0. The molecule has 5 rings (SSSR count). The van der Waals surface area contributed by atoms with Crippen LogP contribution in [0.2, 0.25) is 0 Å². The van der Waals surface area contributed by atoms with E-state index in [1.807, 2.05) is 54.6 Å². The topological polar surface area (TPSA) is 77.2 Å². The third kappa shape index (κ3) is 9.04. The van der Waals surface area contributed by atoms with Gasteiger partial charge in [0.2, 0.25) is 0 Å². The van der Waals surface area contributed by atoms with Crippen LogP contribution in [0.1, 0.15) is 27.0 Å². The number of ketones is 1. The number of rotatable bonds is 18. The van der Waals surface area contributed by atoms with Crippen molar-refractivity contribution in [3.05, 3.63) is 131 Å². The first-order valence-electron chi connectivity index (χ1n) is 15.4. The number of carbonyl (C=O) groups excluding carboxylic acids is 1. The van der Waals surface area contributed by atoms with Crippen LogP contribution in [0.15, 0.2) is 109 Å². The van der Waals surface area contributed by atoms with Gasteiger partial charge in [-0.15, -0.1) is 0 Å². The minimum absolute atomic E-state index is 0.0624. The predicted molar refractivity (Wildman–Crippen MR) is 180 cm³/mol. The highest BCUT2D eigenvalue weighted by atomic mass is 16.1. The molecule has 43 heavy (non-hydrogen) atoms. The van der Waals surface area contributed by atoms with Crippen molar-refractivity contribution < 1.29 is 4.79 Å². The van der Waals surface area contributed by atoms with Gasteiger partial charge in [0.05, 0.1) is 0 Å². The zero-order valence-electron chi connectivity index (χ0n) is 24.9. The summed E-state index contributed by atoms with van der Waals surface area (Å²) < 4.78 is 0. The highest BCUT2D eigenvalue weighted by molar-refractivity contribution is 6.09. The molecular weight excluding hydrogens is 530 g/mol. The van der Waals surface area contributed by atoms with Gasteiger partial charge in [-0.2, -0.15) is 0 Å². The average Bonchev–Trinajstić information content (AvgIpc) is 3.06. The summed E-state index contributed by atoms with van der Waals surface area (Å²) in [5, 5.41) is 22.8. The van der Waals surface area contributed by atoms with Crippen LogP contribution < -0.4 is 26.6 Å². The fraction of sp³-hybridized carbons (Fsp3) is 0.270. The molecule has 0 fully saturated rings. The van der Waals surface area contributed by atoms with E-state index in [9.17, 15) is 4.79 Å². The van der Waals surface area contributed by atoms with Crippen molar-refractivity contribution in [2.75, 3.05) is 52.4 Å². The van der Waals surface area contributed by atoms with E-state index in [1.165, 1.54) is 32.7 Å². The molecule has 5 aromatic carbocycles. The Morgan fingerprint density at radius 1 is 0.442 bits per heavy atom. The van der Waals surface area contributed by atoms with E-state index < -0.39 is 0 Å². The Kier molecular flexibility index (Phi) is 11.8. The molecule has 0 spiro atoms. The normalized spacial score (nSPS) is 11.3. The van der Waals surface area contributed by atoms with Crippen LogP contribution in [0.25, 0.3) is 21.5 Å². The molecule has 0 aromatic heterocycles. The zero-order chi connectivity index (χ0) is 29.5. The molecule has 0 bridgehead atoms. The molecule has 0 saturated carbocycles. The van der Waals surface area contributed by atoms with Crippen LogP contribution in [0.3, 0.4) is 0 Å². The summed E-state index contributed by atoms with van der Waals surface area (Å²) in [6, 6.07) is 36.9. The molecular formula is C37H43N5O. The minimum atomic E-state index is 0.0624. The predicted octanol–water partition coefficient (Wildman–Crippen LogP) is 4.87. The fourth-order valence-corrected chi connectivity index (χ4v) is 5.36. The lowest BCUT2D eigenvalue weighted by Crippen LogP contribution is -2.36. The van der Waals surface area contributed by atoms with Gasteiger partial charge in [0.1, 0.15) is 0 Å². The lowest BCUT2D eigenvalue weighted by molar-refractivity contribution is 0.103. The van der Waals surface area contributed by atoms with Gasteiger partial charge in [-0.1, -0.05) is 103 Å². The van der Waals surface area contributed by atoms with Crippen molar-refractivity contribution >= 4 is 27.3 Å². The minimum Gasteiger partial charge on any atom is -0.314 e. The highest BCUT2D eigenvalue weighted by Crippen LogP contribution is 2.28. The van der Waals surface area contributed by atoms with E-state index in [-0.39, 0.29) is 5.78 Å². The number of hydrogen-bond acceptors (Lipinski definition) is 6. The van der Waals surface area contributed by atoms with Crippen LogP contribution in [0, 0.1) is 0 Å². The number of fused-ring (bicyclic) bond motifs is 2. The number of nitrogens with one attached hydrogen (secondary N) is 5. The first-order chi connectivity index (χ1) is 21.3. The number of carbonyl (C=O) groups is 1. The maximum atomic E-state index is 12.5. The quantitative estimate of drug-likeness (QED) is 0.0585. The molecule has 0 aliphatic rings. The molecule has 5 N–H and O–H groups in total. The summed E-state index contributed by atoms with van der Waals surface area (Å²) in [4.78, 5) is 12.5. The van der Waals surface area contributed by atoms with Crippen LogP contribution in [-0.2, 0) is 13.1 Å². The Hall–Kier alpha value is -3.91. The Labute approximate surface area is 255 Å². The molecule has 0 amide bonds. The number of hydrogen-bond donors (Lipinski definition) is 5. The van der Waals surface area contributed by atoms with Crippen molar-refractivity contribution in [2.45, 2.75) is 13.1 Å². The summed E-state index contributed by atoms with van der Waals surface area (Å²) in [5.41, 5.74) is 4.00. The largest absolute Gasteiger partial charge is 0.314 e. The summed E-state index contributed by atoms with van der Waals surface area (Å²) in [5.74, 6) is 0.0624. The maximum absolute atomic E-state index is 12.5. The van der Waals surface area contributed by atoms with Gasteiger partial charge in [-0.25, -0.2) is 0 Å². The van der Waals surface area contributed by atoms with Crippen LogP contribution in [-0.4, -0.2) is 58.1 Å². The SMILES string of the molecule is O=C(c1ccccc1)c1ccc(CNCCNCCNCCNCCNCc2c3ccccc3cc3ccccc23)cc1.